The molecule has 0 radical (unpaired) electrons. The van der Waals surface area contributed by atoms with Crippen molar-refractivity contribution in [3.63, 3.8) is 0 Å². The lowest BCUT2D eigenvalue weighted by molar-refractivity contribution is -0.126. The first kappa shape index (κ1) is 19.2. The summed E-state index contributed by atoms with van der Waals surface area (Å²) in [5.41, 5.74) is 2.44. The highest BCUT2D eigenvalue weighted by Gasteiger charge is 2.38. The minimum atomic E-state index is -3.69. The van der Waals surface area contributed by atoms with Crippen LogP contribution in [0.15, 0.2) is 59.5 Å². The predicted octanol–water partition coefficient (Wildman–Crippen LogP) is 3.42. The maximum atomic E-state index is 13.1. The lowest BCUT2D eigenvalue weighted by Gasteiger charge is -2.35. The number of aryl methyl sites for hydroxylation is 1. The molecule has 1 saturated heterocycles. The second-order valence-electron chi connectivity index (χ2n) is 7.59. The van der Waals surface area contributed by atoms with Gasteiger partial charge in [0.25, 0.3) is 0 Å². The number of fused-ring (bicyclic) bond motifs is 1. The summed E-state index contributed by atoms with van der Waals surface area (Å²) in [5.74, 6) is -0.180. The van der Waals surface area contributed by atoms with Crippen molar-refractivity contribution in [3.05, 3.63) is 65.7 Å². The largest absolute Gasteiger partial charge is 0.348 e. The van der Waals surface area contributed by atoms with E-state index in [2.05, 4.69) is 17.4 Å². The van der Waals surface area contributed by atoms with Crippen LogP contribution < -0.4 is 5.32 Å². The van der Waals surface area contributed by atoms with Gasteiger partial charge in [-0.2, -0.15) is 4.31 Å². The first-order valence-corrected chi connectivity index (χ1v) is 11.5. The number of amides is 1. The van der Waals surface area contributed by atoms with Gasteiger partial charge in [-0.1, -0.05) is 48.9 Å². The Labute approximate surface area is 166 Å². The minimum absolute atomic E-state index is 0.0411. The number of carbonyl (C=O) groups is 1. The van der Waals surface area contributed by atoms with Crippen LogP contribution in [0.4, 0.5) is 0 Å². The Hall–Kier alpha value is -2.18. The molecule has 1 fully saturated rings. The molecule has 2 atom stereocenters. The normalized spacial score (nSPS) is 23.0. The molecule has 1 heterocycles. The topological polar surface area (TPSA) is 66.5 Å². The van der Waals surface area contributed by atoms with Gasteiger partial charge in [-0.05, 0) is 55.4 Å². The van der Waals surface area contributed by atoms with Crippen LogP contribution in [0.5, 0.6) is 0 Å². The highest BCUT2D eigenvalue weighted by Crippen LogP contribution is 2.31. The summed E-state index contributed by atoms with van der Waals surface area (Å²) in [4.78, 5) is 13.4. The number of benzene rings is 2. The maximum Gasteiger partial charge on any atom is 0.243 e. The van der Waals surface area contributed by atoms with E-state index in [1.165, 1.54) is 9.87 Å². The van der Waals surface area contributed by atoms with Crippen molar-refractivity contribution in [2.24, 2.45) is 0 Å². The fourth-order valence-electron chi connectivity index (χ4n) is 4.35. The second kappa shape index (κ2) is 8.05. The standard InChI is InChI=1S/C22H26N2O3S/c25-22(23-20-14-8-10-17-9-4-5-13-19(17)20)21-15-6-7-16-24(21)28(26,27)18-11-2-1-3-12-18/h1-5,9,11-13,20-21H,6-8,10,14-16H2,(H,23,25)/t20-,21-/m1/s1. The fraction of sp³-hybridized carbons (Fsp3) is 0.409. The summed E-state index contributed by atoms with van der Waals surface area (Å²) in [6, 6.07) is 15.9. The Bertz CT molecular complexity index is 943. The summed E-state index contributed by atoms with van der Waals surface area (Å²) >= 11 is 0. The van der Waals surface area contributed by atoms with Gasteiger partial charge in [0.15, 0.2) is 0 Å². The van der Waals surface area contributed by atoms with Crippen LogP contribution in [-0.2, 0) is 21.2 Å². The van der Waals surface area contributed by atoms with Gasteiger partial charge in [-0.15, -0.1) is 0 Å². The molecule has 2 aromatic carbocycles. The van der Waals surface area contributed by atoms with Crippen molar-refractivity contribution in [2.75, 3.05) is 6.54 Å². The van der Waals surface area contributed by atoms with E-state index >= 15 is 0 Å². The van der Waals surface area contributed by atoms with Gasteiger partial charge < -0.3 is 5.32 Å². The Balaban J connectivity index is 1.56. The first-order chi connectivity index (χ1) is 13.6. The fourth-order valence-corrected chi connectivity index (χ4v) is 6.03. The monoisotopic (exact) mass is 398 g/mol. The van der Waals surface area contributed by atoms with Crippen LogP contribution in [0, 0.1) is 0 Å². The zero-order valence-corrected chi connectivity index (χ0v) is 16.7. The highest BCUT2D eigenvalue weighted by molar-refractivity contribution is 7.89. The molecule has 6 heteroatoms. The van der Waals surface area contributed by atoms with E-state index in [1.54, 1.807) is 30.3 Å². The minimum Gasteiger partial charge on any atom is -0.348 e. The quantitative estimate of drug-likeness (QED) is 0.858. The van der Waals surface area contributed by atoms with Crippen molar-refractivity contribution in [1.29, 1.82) is 0 Å². The van der Waals surface area contributed by atoms with Crippen LogP contribution >= 0.6 is 0 Å². The van der Waals surface area contributed by atoms with Crippen LogP contribution in [0.2, 0.25) is 0 Å². The molecule has 4 rings (SSSR count). The van der Waals surface area contributed by atoms with E-state index in [4.69, 9.17) is 0 Å². The average molecular weight is 399 g/mol. The number of piperidine rings is 1. The number of hydrogen-bond donors (Lipinski definition) is 1. The molecule has 1 aliphatic carbocycles. The number of carbonyl (C=O) groups excluding carboxylic acids is 1. The molecule has 1 aliphatic heterocycles. The highest BCUT2D eigenvalue weighted by atomic mass is 32.2. The molecule has 0 unspecified atom stereocenters. The first-order valence-electron chi connectivity index (χ1n) is 10.0. The SMILES string of the molecule is O=C(N[C@@H]1CCCc2ccccc21)[C@H]1CCCCN1S(=O)(=O)c1ccccc1. The van der Waals surface area contributed by atoms with Gasteiger partial charge in [-0.25, -0.2) is 8.42 Å². The van der Waals surface area contributed by atoms with E-state index in [1.807, 2.05) is 12.1 Å². The van der Waals surface area contributed by atoms with Gasteiger partial charge in [-0.3, -0.25) is 4.79 Å². The predicted molar refractivity (Wildman–Crippen MR) is 108 cm³/mol. The molecule has 28 heavy (non-hydrogen) atoms. The molecule has 0 bridgehead atoms. The molecule has 1 amide bonds. The average Bonchev–Trinajstić information content (AvgIpc) is 2.74. The van der Waals surface area contributed by atoms with Crippen molar-refractivity contribution < 1.29 is 13.2 Å². The van der Waals surface area contributed by atoms with Gasteiger partial charge >= 0.3 is 0 Å². The zero-order valence-electron chi connectivity index (χ0n) is 15.9. The third-order valence-electron chi connectivity index (χ3n) is 5.79. The number of rotatable bonds is 4. The summed E-state index contributed by atoms with van der Waals surface area (Å²) in [6.07, 6.45) is 5.15. The second-order valence-corrected chi connectivity index (χ2v) is 9.48. The zero-order chi connectivity index (χ0) is 19.6. The third kappa shape index (κ3) is 3.71. The Morgan fingerprint density at radius 2 is 1.68 bits per heavy atom. The van der Waals surface area contributed by atoms with Crippen molar-refractivity contribution >= 4 is 15.9 Å². The number of sulfonamides is 1. The molecule has 148 valence electrons. The molecule has 5 nitrogen and oxygen atoms in total. The number of nitrogens with zero attached hydrogens (tertiary/aromatic N) is 1. The lowest BCUT2D eigenvalue weighted by Crippen LogP contribution is -2.52. The smallest absolute Gasteiger partial charge is 0.243 e. The molecule has 0 saturated carbocycles. The van der Waals surface area contributed by atoms with E-state index in [-0.39, 0.29) is 16.8 Å². The van der Waals surface area contributed by atoms with Gasteiger partial charge in [0.1, 0.15) is 6.04 Å². The van der Waals surface area contributed by atoms with E-state index in [9.17, 15) is 13.2 Å². The molecule has 0 aromatic heterocycles. The number of nitrogens with one attached hydrogen (secondary N) is 1. The summed E-state index contributed by atoms with van der Waals surface area (Å²) < 4.78 is 27.7. The van der Waals surface area contributed by atoms with Crippen molar-refractivity contribution in [1.82, 2.24) is 9.62 Å². The third-order valence-corrected chi connectivity index (χ3v) is 7.71. The van der Waals surface area contributed by atoms with Gasteiger partial charge in [0, 0.05) is 6.54 Å². The van der Waals surface area contributed by atoms with Crippen LogP contribution in [0.3, 0.4) is 0 Å². The Morgan fingerprint density at radius 3 is 2.50 bits per heavy atom. The van der Waals surface area contributed by atoms with Crippen LogP contribution in [-0.4, -0.2) is 31.2 Å². The summed E-state index contributed by atoms with van der Waals surface area (Å²) in [6.45, 7) is 0.385. The number of hydrogen-bond acceptors (Lipinski definition) is 3. The van der Waals surface area contributed by atoms with Gasteiger partial charge in [0.2, 0.25) is 15.9 Å². The Morgan fingerprint density at radius 1 is 0.929 bits per heavy atom. The van der Waals surface area contributed by atoms with Gasteiger partial charge in [0.05, 0.1) is 10.9 Å². The summed E-state index contributed by atoms with van der Waals surface area (Å²) in [7, 11) is -3.69. The molecular formula is C22H26N2O3S. The molecule has 1 N–H and O–H groups in total. The molecule has 0 spiro atoms. The molecule has 2 aromatic rings. The molecule has 2 aliphatic rings. The van der Waals surface area contributed by atoms with E-state index < -0.39 is 16.1 Å². The van der Waals surface area contributed by atoms with E-state index in [0.717, 1.165) is 37.7 Å². The van der Waals surface area contributed by atoms with E-state index in [0.29, 0.717) is 13.0 Å². The lowest BCUT2D eigenvalue weighted by atomic mass is 9.87. The van der Waals surface area contributed by atoms with Crippen molar-refractivity contribution in [3.8, 4) is 0 Å². The van der Waals surface area contributed by atoms with Crippen molar-refractivity contribution in [2.45, 2.75) is 55.5 Å². The summed E-state index contributed by atoms with van der Waals surface area (Å²) in [5, 5.41) is 3.15. The Kier molecular flexibility index (Phi) is 5.51. The van der Waals surface area contributed by atoms with Crippen LogP contribution in [0.25, 0.3) is 0 Å². The van der Waals surface area contributed by atoms with Crippen LogP contribution in [0.1, 0.15) is 49.3 Å². The molecular weight excluding hydrogens is 372 g/mol. The maximum absolute atomic E-state index is 13.1.